The van der Waals surface area contributed by atoms with Gasteiger partial charge in [0.25, 0.3) is 0 Å². The zero-order valence-electron chi connectivity index (χ0n) is 13.8. The first-order chi connectivity index (χ1) is 12.2. The highest BCUT2D eigenvalue weighted by molar-refractivity contribution is 5.86. The lowest BCUT2D eigenvalue weighted by atomic mass is 9.94. The van der Waals surface area contributed by atoms with E-state index in [9.17, 15) is 8.78 Å². The summed E-state index contributed by atoms with van der Waals surface area (Å²) < 4.78 is 27.8. The molecule has 0 bridgehead atoms. The lowest BCUT2D eigenvalue weighted by molar-refractivity contribution is 0.559. The highest BCUT2D eigenvalue weighted by Crippen LogP contribution is 2.35. The summed E-state index contributed by atoms with van der Waals surface area (Å²) >= 11 is 0. The molecule has 5 rings (SSSR count). The Morgan fingerprint density at radius 3 is 2.56 bits per heavy atom. The maximum Gasteiger partial charge on any atom is 0.150 e. The summed E-state index contributed by atoms with van der Waals surface area (Å²) in [6.45, 7) is 3.03. The molecule has 0 aliphatic carbocycles. The van der Waals surface area contributed by atoms with E-state index in [1.807, 2.05) is 0 Å². The second-order valence-corrected chi connectivity index (χ2v) is 6.90. The minimum Gasteiger partial charge on any atom is -0.371 e. The third-order valence-corrected chi connectivity index (χ3v) is 5.42. The van der Waals surface area contributed by atoms with Crippen molar-refractivity contribution in [1.82, 2.24) is 10.3 Å². The quantitative estimate of drug-likeness (QED) is 0.742. The van der Waals surface area contributed by atoms with Crippen LogP contribution >= 0.6 is 0 Å². The van der Waals surface area contributed by atoms with E-state index in [4.69, 9.17) is 0 Å². The Morgan fingerprint density at radius 1 is 1.04 bits per heavy atom. The lowest BCUT2D eigenvalue weighted by Gasteiger charge is -2.33. The summed E-state index contributed by atoms with van der Waals surface area (Å²) in [6, 6.07) is 10.9. The maximum atomic E-state index is 14.2. The molecular formula is C20H19F2N3. The van der Waals surface area contributed by atoms with Gasteiger partial charge in [-0.05, 0) is 42.2 Å². The van der Waals surface area contributed by atoms with E-state index in [1.165, 1.54) is 18.2 Å². The predicted molar refractivity (Wildman–Crippen MR) is 95.0 cm³/mol. The maximum absolute atomic E-state index is 14.2. The summed E-state index contributed by atoms with van der Waals surface area (Å²) in [5.41, 5.74) is 4.75. The second-order valence-electron chi connectivity index (χ2n) is 6.90. The molecule has 0 amide bonds. The fourth-order valence-corrected chi connectivity index (χ4v) is 3.99. The van der Waals surface area contributed by atoms with Gasteiger partial charge in [0, 0.05) is 42.5 Å². The average molecular weight is 339 g/mol. The van der Waals surface area contributed by atoms with Crippen LogP contribution in [0.3, 0.4) is 0 Å². The van der Waals surface area contributed by atoms with Gasteiger partial charge in [0.1, 0.15) is 11.6 Å². The van der Waals surface area contributed by atoms with Crippen molar-refractivity contribution in [2.75, 3.05) is 24.5 Å². The number of hydrogen-bond acceptors (Lipinski definition) is 2. The Balaban J connectivity index is 1.57. The van der Waals surface area contributed by atoms with E-state index in [2.05, 4.69) is 39.5 Å². The smallest absolute Gasteiger partial charge is 0.150 e. The number of halogens is 2. The number of hydrogen-bond donors (Lipinski definition) is 2. The van der Waals surface area contributed by atoms with Gasteiger partial charge in [0.05, 0.1) is 11.6 Å². The summed E-state index contributed by atoms with van der Waals surface area (Å²) in [5, 5.41) is 4.17. The van der Waals surface area contributed by atoms with Crippen molar-refractivity contribution in [3.05, 3.63) is 64.9 Å². The topological polar surface area (TPSA) is 31.1 Å². The number of fused-ring (bicyclic) bond motifs is 3. The van der Waals surface area contributed by atoms with Gasteiger partial charge in [-0.15, -0.1) is 0 Å². The standard InChI is InChI=1S/C20H19F2N3/c21-13-10-16-15-6-7-23-18(20(15)24-19(16)17(22)11-13)12-2-4-14(5-3-12)25-8-1-9-25/h2-5,10-11,18,23-24H,1,6-9H2. The minimum absolute atomic E-state index is 0.0240. The van der Waals surface area contributed by atoms with Crippen LogP contribution in [-0.4, -0.2) is 24.6 Å². The zero-order valence-corrected chi connectivity index (χ0v) is 13.8. The van der Waals surface area contributed by atoms with Crippen molar-refractivity contribution < 1.29 is 8.78 Å². The fraction of sp³-hybridized carbons (Fsp3) is 0.300. The van der Waals surface area contributed by atoms with Gasteiger partial charge in [0.2, 0.25) is 0 Å². The van der Waals surface area contributed by atoms with E-state index in [-0.39, 0.29) is 6.04 Å². The molecule has 128 valence electrons. The highest BCUT2D eigenvalue weighted by Gasteiger charge is 2.26. The number of nitrogens with zero attached hydrogens (tertiary/aromatic N) is 1. The molecule has 3 nitrogen and oxygen atoms in total. The summed E-state index contributed by atoms with van der Waals surface area (Å²) in [5.74, 6) is -1.06. The Kier molecular flexibility index (Phi) is 3.31. The third kappa shape index (κ3) is 2.34. The van der Waals surface area contributed by atoms with E-state index >= 15 is 0 Å². The van der Waals surface area contributed by atoms with Crippen molar-refractivity contribution in [3.8, 4) is 0 Å². The van der Waals surface area contributed by atoms with Gasteiger partial charge < -0.3 is 15.2 Å². The van der Waals surface area contributed by atoms with E-state index in [1.54, 1.807) is 0 Å². The van der Waals surface area contributed by atoms with Crippen LogP contribution in [-0.2, 0) is 6.42 Å². The van der Waals surface area contributed by atoms with Gasteiger partial charge in [-0.1, -0.05) is 12.1 Å². The Bertz CT molecular complexity index is 942. The number of aromatic nitrogens is 1. The number of anilines is 1. The molecule has 1 atom stereocenters. The first-order valence-corrected chi connectivity index (χ1v) is 8.78. The second kappa shape index (κ2) is 5.56. The molecule has 0 saturated carbocycles. The monoisotopic (exact) mass is 339 g/mol. The number of H-pyrrole nitrogens is 1. The van der Waals surface area contributed by atoms with Crippen molar-refractivity contribution in [1.29, 1.82) is 0 Å². The molecule has 2 N–H and O–H groups in total. The molecule has 3 aromatic rings. The van der Waals surface area contributed by atoms with Crippen molar-refractivity contribution >= 4 is 16.6 Å². The lowest BCUT2D eigenvalue weighted by Crippen LogP contribution is -2.37. The molecule has 1 fully saturated rings. The van der Waals surface area contributed by atoms with Crippen LogP contribution in [0, 0.1) is 11.6 Å². The van der Waals surface area contributed by atoms with E-state index in [0.29, 0.717) is 10.9 Å². The van der Waals surface area contributed by atoms with Crippen molar-refractivity contribution in [3.63, 3.8) is 0 Å². The molecule has 2 aliphatic rings. The van der Waals surface area contributed by atoms with Crippen molar-refractivity contribution in [2.24, 2.45) is 0 Å². The average Bonchev–Trinajstić information content (AvgIpc) is 2.93. The van der Waals surface area contributed by atoms with Gasteiger partial charge in [0.15, 0.2) is 0 Å². The van der Waals surface area contributed by atoms with Crippen molar-refractivity contribution in [2.45, 2.75) is 18.9 Å². The molecule has 2 aliphatic heterocycles. The van der Waals surface area contributed by atoms with Crippen LogP contribution in [0.15, 0.2) is 36.4 Å². The number of rotatable bonds is 2. The first kappa shape index (κ1) is 14.9. The summed E-state index contributed by atoms with van der Waals surface area (Å²) in [6.07, 6.45) is 2.02. The fourth-order valence-electron chi connectivity index (χ4n) is 3.99. The van der Waals surface area contributed by atoms with Gasteiger partial charge in [-0.3, -0.25) is 0 Å². The minimum atomic E-state index is -0.531. The SMILES string of the molecule is Fc1cc(F)c2[nH]c3c(c2c1)CCNC3c1ccc(N2CCC2)cc1. The molecule has 0 spiro atoms. The van der Waals surface area contributed by atoms with Crippen LogP contribution in [0.2, 0.25) is 0 Å². The highest BCUT2D eigenvalue weighted by atomic mass is 19.1. The van der Waals surface area contributed by atoms with E-state index < -0.39 is 11.6 Å². The molecule has 0 radical (unpaired) electrons. The van der Waals surface area contributed by atoms with Crippen LogP contribution in [0.25, 0.3) is 10.9 Å². The number of benzene rings is 2. The third-order valence-electron chi connectivity index (χ3n) is 5.42. The molecule has 1 saturated heterocycles. The van der Waals surface area contributed by atoms with Gasteiger partial charge in [-0.25, -0.2) is 8.78 Å². The van der Waals surface area contributed by atoms with Gasteiger partial charge in [-0.2, -0.15) is 0 Å². The van der Waals surface area contributed by atoms with Crippen LogP contribution < -0.4 is 10.2 Å². The number of nitrogens with one attached hydrogen (secondary N) is 2. The van der Waals surface area contributed by atoms with Crippen LogP contribution in [0.5, 0.6) is 0 Å². The molecule has 1 unspecified atom stereocenters. The van der Waals surface area contributed by atoms with Crippen LogP contribution in [0.4, 0.5) is 14.5 Å². The summed E-state index contributed by atoms with van der Waals surface area (Å²) in [7, 11) is 0. The number of aromatic amines is 1. The Hall–Kier alpha value is -2.40. The largest absolute Gasteiger partial charge is 0.371 e. The van der Waals surface area contributed by atoms with Crippen LogP contribution in [0.1, 0.15) is 29.3 Å². The molecule has 5 heteroatoms. The molecule has 2 aromatic carbocycles. The molecule has 1 aromatic heterocycles. The normalized spacial score (nSPS) is 19.8. The predicted octanol–water partition coefficient (Wildman–Crippen LogP) is 3.89. The molecule has 3 heterocycles. The zero-order chi connectivity index (χ0) is 17.0. The van der Waals surface area contributed by atoms with Gasteiger partial charge >= 0.3 is 0 Å². The Morgan fingerprint density at radius 2 is 1.84 bits per heavy atom. The Labute approximate surface area is 144 Å². The molecule has 25 heavy (non-hydrogen) atoms. The van der Waals surface area contributed by atoms with E-state index in [0.717, 1.165) is 48.9 Å². The molecular weight excluding hydrogens is 320 g/mol. The summed E-state index contributed by atoms with van der Waals surface area (Å²) in [4.78, 5) is 5.56. The first-order valence-electron chi connectivity index (χ1n) is 8.78.